The number of halogens is 2. The second-order valence-electron chi connectivity index (χ2n) is 4.69. The Bertz CT molecular complexity index is 627. The van der Waals surface area contributed by atoms with Gasteiger partial charge in [-0.3, -0.25) is 4.79 Å². The lowest BCUT2D eigenvalue weighted by atomic mass is 9.83. The van der Waals surface area contributed by atoms with Gasteiger partial charge in [0.25, 0.3) is 0 Å². The van der Waals surface area contributed by atoms with Gasteiger partial charge in [-0.1, -0.05) is 29.8 Å². The molecule has 1 aromatic rings. The van der Waals surface area contributed by atoms with Crippen LogP contribution in [0.5, 0.6) is 0 Å². The van der Waals surface area contributed by atoms with Gasteiger partial charge in [0, 0.05) is 15.5 Å². The van der Waals surface area contributed by atoms with Crippen molar-refractivity contribution >= 4 is 47.9 Å². The summed E-state index contributed by atoms with van der Waals surface area (Å²) in [5.41, 5.74) is -1.09. The van der Waals surface area contributed by atoms with E-state index in [-0.39, 0.29) is 11.4 Å². The second kappa shape index (κ2) is 7.21. The molecular weight excluding hydrogens is 426 g/mol. The quantitative estimate of drug-likeness (QED) is 0.677. The number of nitrogens with one attached hydrogen (secondary N) is 1. The van der Waals surface area contributed by atoms with Crippen molar-refractivity contribution in [2.45, 2.75) is 31.6 Å². The number of sulfonamides is 1. The number of carbonyl (C=O) groups is 1. The van der Waals surface area contributed by atoms with Crippen LogP contribution < -0.4 is 4.72 Å². The Labute approximate surface area is 141 Å². The van der Waals surface area contributed by atoms with Crippen LogP contribution in [0.15, 0.2) is 32.0 Å². The zero-order valence-electron chi connectivity index (χ0n) is 11.7. The van der Waals surface area contributed by atoms with Gasteiger partial charge in [0.05, 0.1) is 10.3 Å². The molecule has 0 aliphatic heterocycles. The van der Waals surface area contributed by atoms with Crippen LogP contribution in [0.2, 0.25) is 0 Å². The maximum Gasteiger partial charge on any atom is 0.310 e. The average Bonchev–Trinajstić information content (AvgIpc) is 2.39. The molecule has 0 fully saturated rings. The topological polar surface area (TPSA) is 83.5 Å². The molecule has 0 saturated heterocycles. The van der Waals surface area contributed by atoms with Gasteiger partial charge in [-0.15, -0.1) is 0 Å². The molecule has 118 valence electrons. The van der Waals surface area contributed by atoms with E-state index < -0.39 is 21.4 Å². The first-order valence-corrected chi connectivity index (χ1v) is 9.43. The number of rotatable bonds is 7. The molecule has 0 aliphatic rings. The summed E-state index contributed by atoms with van der Waals surface area (Å²) in [6.07, 6.45) is 0.700. The lowest BCUT2D eigenvalue weighted by molar-refractivity contribution is -0.149. The number of benzene rings is 1. The number of carboxylic acids is 1. The van der Waals surface area contributed by atoms with E-state index in [1.54, 1.807) is 26.0 Å². The first-order valence-electron chi connectivity index (χ1n) is 6.36. The molecule has 0 aliphatic carbocycles. The molecule has 0 unspecified atom stereocenters. The van der Waals surface area contributed by atoms with Crippen molar-refractivity contribution < 1.29 is 18.3 Å². The lowest BCUT2D eigenvalue weighted by Gasteiger charge is -2.26. The van der Waals surface area contributed by atoms with E-state index >= 15 is 0 Å². The van der Waals surface area contributed by atoms with Gasteiger partial charge in [-0.25, -0.2) is 13.1 Å². The zero-order valence-corrected chi connectivity index (χ0v) is 15.7. The van der Waals surface area contributed by atoms with Crippen LogP contribution in [0.25, 0.3) is 0 Å². The number of carboxylic acid groups (broad SMARTS) is 1. The van der Waals surface area contributed by atoms with Crippen molar-refractivity contribution in [3.63, 3.8) is 0 Å². The van der Waals surface area contributed by atoms with Gasteiger partial charge in [0.1, 0.15) is 0 Å². The Morgan fingerprint density at radius 2 is 1.86 bits per heavy atom. The molecule has 0 aromatic heterocycles. The fraction of sp³-hybridized carbons (Fsp3) is 0.462. The van der Waals surface area contributed by atoms with E-state index in [0.29, 0.717) is 17.3 Å². The summed E-state index contributed by atoms with van der Waals surface area (Å²) < 4.78 is 28.2. The average molecular weight is 443 g/mol. The number of hydrogen-bond donors (Lipinski definition) is 2. The van der Waals surface area contributed by atoms with Gasteiger partial charge in [0.15, 0.2) is 0 Å². The molecule has 0 saturated carbocycles. The predicted molar refractivity (Wildman–Crippen MR) is 87.7 cm³/mol. The normalized spacial score (nSPS) is 12.4. The third kappa shape index (κ3) is 4.28. The molecule has 8 heteroatoms. The summed E-state index contributed by atoms with van der Waals surface area (Å²) in [6, 6.07) is 4.69. The van der Waals surface area contributed by atoms with Crippen molar-refractivity contribution in [2.75, 3.05) is 6.54 Å². The molecule has 1 aromatic carbocycles. The standard InChI is InChI=1S/C13H17Br2NO4S/c1-3-13(4-2,12(17)18)8-16-21(19,20)11-6-5-9(14)7-10(11)15/h5-7,16H,3-4,8H2,1-2H3,(H,17,18). The largest absolute Gasteiger partial charge is 0.481 e. The van der Waals surface area contributed by atoms with E-state index in [2.05, 4.69) is 36.6 Å². The lowest BCUT2D eigenvalue weighted by Crippen LogP contribution is -2.42. The molecule has 0 spiro atoms. The number of hydrogen-bond acceptors (Lipinski definition) is 3. The minimum Gasteiger partial charge on any atom is -0.481 e. The summed E-state index contributed by atoms with van der Waals surface area (Å²) in [5, 5.41) is 9.33. The number of aliphatic carboxylic acids is 1. The Hall–Kier alpha value is -0.440. The van der Waals surface area contributed by atoms with E-state index in [1.807, 2.05) is 0 Å². The predicted octanol–water partition coefficient (Wildman–Crippen LogP) is 3.38. The molecular formula is C13H17Br2NO4S. The summed E-state index contributed by atoms with van der Waals surface area (Å²) in [5.74, 6) is -0.995. The fourth-order valence-electron chi connectivity index (χ4n) is 1.88. The van der Waals surface area contributed by atoms with E-state index in [4.69, 9.17) is 0 Å². The van der Waals surface area contributed by atoms with Crippen molar-refractivity contribution in [2.24, 2.45) is 5.41 Å². The molecule has 5 nitrogen and oxygen atoms in total. The van der Waals surface area contributed by atoms with Crippen molar-refractivity contribution in [3.8, 4) is 0 Å². The molecule has 21 heavy (non-hydrogen) atoms. The maximum atomic E-state index is 12.3. The van der Waals surface area contributed by atoms with Gasteiger partial charge >= 0.3 is 5.97 Å². The Balaban J connectivity index is 3.03. The van der Waals surface area contributed by atoms with Crippen LogP contribution in [-0.2, 0) is 14.8 Å². The van der Waals surface area contributed by atoms with Gasteiger partial charge in [-0.2, -0.15) is 0 Å². The summed E-state index contributed by atoms with van der Waals surface area (Å²) >= 11 is 6.45. The smallest absolute Gasteiger partial charge is 0.310 e. The van der Waals surface area contributed by atoms with Gasteiger partial charge in [-0.05, 0) is 47.0 Å². The highest BCUT2D eigenvalue weighted by Crippen LogP contribution is 2.28. The van der Waals surface area contributed by atoms with Crippen LogP contribution in [0, 0.1) is 5.41 Å². The molecule has 0 radical (unpaired) electrons. The molecule has 2 N–H and O–H groups in total. The second-order valence-corrected chi connectivity index (χ2v) is 8.20. The first-order chi connectivity index (χ1) is 9.68. The highest BCUT2D eigenvalue weighted by molar-refractivity contribution is 9.11. The Morgan fingerprint density at radius 1 is 1.29 bits per heavy atom. The Kier molecular flexibility index (Phi) is 6.39. The SMILES string of the molecule is CCC(CC)(CNS(=O)(=O)c1ccc(Br)cc1Br)C(=O)O. The zero-order chi connectivity index (χ0) is 16.3. The third-order valence-corrected chi connectivity index (χ3v) is 6.46. The molecule has 0 atom stereocenters. The van der Waals surface area contributed by atoms with Crippen molar-refractivity contribution in [3.05, 3.63) is 27.1 Å². The Morgan fingerprint density at radius 3 is 2.29 bits per heavy atom. The molecule has 0 amide bonds. The van der Waals surface area contributed by atoms with E-state index in [9.17, 15) is 18.3 Å². The van der Waals surface area contributed by atoms with Crippen LogP contribution in [0.3, 0.4) is 0 Å². The molecule has 0 heterocycles. The van der Waals surface area contributed by atoms with Crippen molar-refractivity contribution in [1.82, 2.24) is 4.72 Å². The summed E-state index contributed by atoms with van der Waals surface area (Å²) in [4.78, 5) is 11.5. The molecule has 0 bridgehead atoms. The third-order valence-electron chi connectivity index (χ3n) is 3.59. The van der Waals surface area contributed by atoms with Crippen LogP contribution >= 0.6 is 31.9 Å². The summed E-state index contributed by atoms with van der Waals surface area (Å²) in [6.45, 7) is 3.34. The summed E-state index contributed by atoms with van der Waals surface area (Å²) in [7, 11) is -3.78. The first kappa shape index (κ1) is 18.6. The van der Waals surface area contributed by atoms with Crippen molar-refractivity contribution in [1.29, 1.82) is 0 Å². The van der Waals surface area contributed by atoms with Gasteiger partial charge < -0.3 is 5.11 Å². The van der Waals surface area contributed by atoms with Gasteiger partial charge in [0.2, 0.25) is 10.0 Å². The van der Waals surface area contributed by atoms with E-state index in [1.165, 1.54) is 6.07 Å². The highest BCUT2D eigenvalue weighted by atomic mass is 79.9. The van der Waals surface area contributed by atoms with Crippen LogP contribution in [0.4, 0.5) is 0 Å². The fourth-order valence-corrected chi connectivity index (χ4v) is 4.75. The van der Waals surface area contributed by atoms with E-state index in [0.717, 1.165) is 4.47 Å². The minimum absolute atomic E-state index is 0.0807. The van der Waals surface area contributed by atoms with Crippen LogP contribution in [-0.4, -0.2) is 26.0 Å². The highest BCUT2D eigenvalue weighted by Gasteiger charge is 2.36. The molecule has 1 rings (SSSR count). The van der Waals surface area contributed by atoms with Crippen LogP contribution in [0.1, 0.15) is 26.7 Å². The monoisotopic (exact) mass is 441 g/mol. The maximum absolute atomic E-state index is 12.3. The minimum atomic E-state index is -3.78.